The van der Waals surface area contributed by atoms with Crippen molar-refractivity contribution in [2.45, 2.75) is 50.8 Å². The van der Waals surface area contributed by atoms with Gasteiger partial charge in [0, 0.05) is 6.42 Å². The summed E-state index contributed by atoms with van der Waals surface area (Å²) in [4.78, 5) is 12.1. The first kappa shape index (κ1) is 18.1. The number of carbonyl (C=O) groups excluding carboxylic acids is 1. The van der Waals surface area contributed by atoms with Crippen molar-refractivity contribution in [3.05, 3.63) is 30.3 Å². The zero-order valence-corrected chi connectivity index (χ0v) is 14.7. The van der Waals surface area contributed by atoms with Gasteiger partial charge in [-0.2, -0.15) is 8.42 Å². The summed E-state index contributed by atoms with van der Waals surface area (Å²) in [5.74, 6) is 1.71. The Morgan fingerprint density at radius 3 is 2.30 bits per heavy atom. The smallest absolute Gasteiger partial charge is 0.297 e. The molecule has 2 rings (SSSR count). The van der Waals surface area contributed by atoms with E-state index >= 15 is 0 Å². The van der Waals surface area contributed by atoms with Gasteiger partial charge in [0.05, 0.1) is 4.90 Å². The molecule has 0 heterocycles. The molecule has 0 spiro atoms. The Morgan fingerprint density at radius 2 is 1.74 bits per heavy atom. The SMILES string of the molecule is CC(C)C1CCC(CC(=O)COS(=O)(=O)c2ccccc2)CC1. The van der Waals surface area contributed by atoms with Gasteiger partial charge in [0.2, 0.25) is 0 Å². The van der Waals surface area contributed by atoms with Crippen LogP contribution in [0, 0.1) is 17.8 Å². The number of hydrogen-bond acceptors (Lipinski definition) is 4. The molecule has 23 heavy (non-hydrogen) atoms. The molecular formula is C18H26O4S. The predicted octanol–water partition coefficient (Wildman–Crippen LogP) is 3.81. The highest BCUT2D eigenvalue weighted by Gasteiger charge is 2.25. The summed E-state index contributed by atoms with van der Waals surface area (Å²) in [5.41, 5.74) is 0. The van der Waals surface area contributed by atoms with Crippen molar-refractivity contribution in [3.63, 3.8) is 0 Å². The molecule has 1 aromatic rings. The van der Waals surface area contributed by atoms with E-state index in [0.717, 1.165) is 18.8 Å². The lowest BCUT2D eigenvalue weighted by Gasteiger charge is -2.30. The number of Topliss-reactive ketones (excluding diaryl/α,β-unsaturated/α-hetero) is 1. The molecule has 1 fully saturated rings. The predicted molar refractivity (Wildman–Crippen MR) is 89.5 cm³/mol. The highest BCUT2D eigenvalue weighted by molar-refractivity contribution is 7.86. The van der Waals surface area contributed by atoms with Crippen LogP contribution >= 0.6 is 0 Å². The van der Waals surface area contributed by atoms with Gasteiger partial charge >= 0.3 is 0 Å². The number of carbonyl (C=O) groups is 1. The number of hydrogen-bond donors (Lipinski definition) is 0. The first-order chi connectivity index (χ1) is 10.9. The highest BCUT2D eigenvalue weighted by Crippen LogP contribution is 2.34. The van der Waals surface area contributed by atoms with Crippen LogP contribution in [0.5, 0.6) is 0 Å². The Morgan fingerprint density at radius 1 is 1.13 bits per heavy atom. The van der Waals surface area contributed by atoms with Crippen LogP contribution < -0.4 is 0 Å². The van der Waals surface area contributed by atoms with Crippen LogP contribution in [0.25, 0.3) is 0 Å². The largest absolute Gasteiger partial charge is 0.297 e. The molecule has 0 atom stereocenters. The van der Waals surface area contributed by atoms with Gasteiger partial charge in [-0.15, -0.1) is 0 Å². The normalized spacial score (nSPS) is 22.2. The van der Waals surface area contributed by atoms with E-state index in [-0.39, 0.29) is 17.3 Å². The minimum absolute atomic E-state index is 0.0882. The van der Waals surface area contributed by atoms with Gasteiger partial charge in [0.15, 0.2) is 5.78 Å². The second kappa shape index (κ2) is 8.06. The molecule has 4 nitrogen and oxygen atoms in total. The van der Waals surface area contributed by atoms with Crippen LogP contribution in [0.4, 0.5) is 0 Å². The molecule has 0 aliphatic heterocycles. The molecule has 0 aromatic heterocycles. The molecule has 0 amide bonds. The second-order valence-electron chi connectivity index (χ2n) is 6.80. The van der Waals surface area contributed by atoms with Crippen LogP contribution in [0.2, 0.25) is 0 Å². The van der Waals surface area contributed by atoms with Crippen LogP contribution in [0.15, 0.2) is 35.2 Å². The zero-order chi connectivity index (χ0) is 16.9. The lowest BCUT2D eigenvalue weighted by molar-refractivity contribution is -0.122. The third-order valence-corrected chi connectivity index (χ3v) is 6.04. The van der Waals surface area contributed by atoms with Crippen molar-refractivity contribution in [1.82, 2.24) is 0 Å². The maximum Gasteiger partial charge on any atom is 0.297 e. The van der Waals surface area contributed by atoms with E-state index in [4.69, 9.17) is 4.18 Å². The van der Waals surface area contributed by atoms with Gasteiger partial charge in [0.25, 0.3) is 10.1 Å². The van der Waals surface area contributed by atoms with E-state index < -0.39 is 10.1 Å². The summed E-state index contributed by atoms with van der Waals surface area (Å²) >= 11 is 0. The molecule has 0 radical (unpaired) electrons. The molecule has 1 aromatic carbocycles. The first-order valence-corrected chi connectivity index (χ1v) is 9.75. The quantitative estimate of drug-likeness (QED) is 0.709. The van der Waals surface area contributed by atoms with Crippen LogP contribution in [-0.2, 0) is 19.1 Å². The van der Waals surface area contributed by atoms with E-state index in [9.17, 15) is 13.2 Å². The Hall–Kier alpha value is -1.20. The minimum atomic E-state index is -3.84. The van der Waals surface area contributed by atoms with Crippen molar-refractivity contribution in [3.8, 4) is 0 Å². The summed E-state index contributed by atoms with van der Waals surface area (Å²) in [6.45, 7) is 4.14. The molecule has 0 unspecified atom stereocenters. The Balaban J connectivity index is 1.78. The topological polar surface area (TPSA) is 60.4 Å². The summed E-state index contributed by atoms with van der Waals surface area (Å²) in [6.07, 6.45) is 4.87. The summed E-state index contributed by atoms with van der Waals surface area (Å²) in [6, 6.07) is 7.92. The molecule has 0 bridgehead atoms. The van der Waals surface area contributed by atoms with Crippen molar-refractivity contribution < 1.29 is 17.4 Å². The standard InChI is InChI=1S/C18H26O4S/c1-14(2)16-10-8-15(9-11-16)12-17(19)13-22-23(20,21)18-6-4-3-5-7-18/h3-7,14-16H,8-13H2,1-2H3. The van der Waals surface area contributed by atoms with E-state index in [0.29, 0.717) is 18.3 Å². The minimum Gasteiger partial charge on any atom is -0.297 e. The third kappa shape index (κ3) is 5.43. The average molecular weight is 338 g/mol. The lowest BCUT2D eigenvalue weighted by atomic mass is 9.75. The van der Waals surface area contributed by atoms with Crippen LogP contribution in [0.3, 0.4) is 0 Å². The molecule has 1 aliphatic rings. The molecule has 0 N–H and O–H groups in total. The number of benzene rings is 1. The van der Waals surface area contributed by atoms with Crippen molar-refractivity contribution in [2.24, 2.45) is 17.8 Å². The van der Waals surface area contributed by atoms with Crippen LogP contribution in [-0.4, -0.2) is 20.8 Å². The van der Waals surface area contributed by atoms with Gasteiger partial charge < -0.3 is 0 Å². The van der Waals surface area contributed by atoms with Gasteiger partial charge in [-0.3, -0.25) is 8.98 Å². The second-order valence-corrected chi connectivity index (χ2v) is 8.41. The van der Waals surface area contributed by atoms with Gasteiger partial charge in [0.1, 0.15) is 6.61 Å². The maximum absolute atomic E-state index is 12.0. The van der Waals surface area contributed by atoms with E-state index in [1.807, 2.05) is 0 Å². The number of rotatable bonds is 7. The van der Waals surface area contributed by atoms with E-state index in [1.54, 1.807) is 18.2 Å². The monoisotopic (exact) mass is 338 g/mol. The molecule has 1 saturated carbocycles. The van der Waals surface area contributed by atoms with E-state index in [2.05, 4.69) is 13.8 Å². The van der Waals surface area contributed by atoms with Gasteiger partial charge in [-0.25, -0.2) is 0 Å². The van der Waals surface area contributed by atoms with Crippen molar-refractivity contribution in [2.75, 3.05) is 6.61 Å². The fraction of sp³-hybridized carbons (Fsp3) is 0.611. The Kier molecular flexibility index (Phi) is 6.36. The number of ketones is 1. The average Bonchev–Trinajstić information content (AvgIpc) is 2.54. The molecule has 0 saturated heterocycles. The molecule has 128 valence electrons. The molecule has 1 aliphatic carbocycles. The fourth-order valence-corrected chi connectivity index (χ4v) is 4.15. The maximum atomic E-state index is 12.0. The van der Waals surface area contributed by atoms with Gasteiger partial charge in [-0.1, -0.05) is 32.0 Å². The van der Waals surface area contributed by atoms with Gasteiger partial charge in [-0.05, 0) is 55.6 Å². The summed E-state index contributed by atoms with van der Waals surface area (Å²) in [7, 11) is -3.84. The van der Waals surface area contributed by atoms with Crippen molar-refractivity contribution >= 4 is 15.9 Å². The highest BCUT2D eigenvalue weighted by atomic mass is 32.2. The first-order valence-electron chi connectivity index (χ1n) is 8.34. The van der Waals surface area contributed by atoms with Crippen molar-refractivity contribution in [1.29, 1.82) is 0 Å². The Labute approximate surface area is 139 Å². The lowest BCUT2D eigenvalue weighted by Crippen LogP contribution is -2.22. The fourth-order valence-electron chi connectivity index (χ4n) is 3.24. The zero-order valence-electron chi connectivity index (χ0n) is 13.9. The summed E-state index contributed by atoms with van der Waals surface area (Å²) in [5, 5.41) is 0. The van der Waals surface area contributed by atoms with Crippen LogP contribution in [0.1, 0.15) is 46.0 Å². The third-order valence-electron chi connectivity index (χ3n) is 4.76. The Bertz CT molecular complexity index is 599. The molecule has 5 heteroatoms. The molecular weight excluding hydrogens is 312 g/mol. The summed E-state index contributed by atoms with van der Waals surface area (Å²) < 4.78 is 28.8. The van der Waals surface area contributed by atoms with E-state index in [1.165, 1.54) is 25.0 Å².